The van der Waals surface area contributed by atoms with Crippen molar-refractivity contribution in [1.82, 2.24) is 74.6 Å². The summed E-state index contributed by atoms with van der Waals surface area (Å²) in [4.78, 5) is 222. The number of aliphatic carboxylic acids is 1. The van der Waals surface area contributed by atoms with Gasteiger partial charge in [-0.25, -0.2) is 0 Å². The second-order valence-electron chi connectivity index (χ2n) is 27.0. The molecule has 0 radical (unpaired) electrons. The van der Waals surface area contributed by atoms with Gasteiger partial charge in [0.2, 0.25) is 82.7 Å². The van der Waals surface area contributed by atoms with Crippen LogP contribution in [0.1, 0.15) is 54.4 Å². The monoisotopic (exact) mass is 1830 g/mol. The molecule has 14 amide bonds. The maximum atomic E-state index is 14.7. The van der Waals surface area contributed by atoms with Crippen LogP contribution in [0, 0.1) is 0 Å². The highest BCUT2D eigenvalue weighted by Crippen LogP contribution is 2.24. The fourth-order valence-corrected chi connectivity index (χ4v) is 13.9. The fourth-order valence-electron chi connectivity index (χ4n) is 10.7. The summed E-state index contributed by atoms with van der Waals surface area (Å²) < 4.78 is 54.2. The van der Waals surface area contributed by atoms with Crippen molar-refractivity contribution in [3.63, 3.8) is 0 Å². The number of unbranched alkanes of at least 4 members (excludes halogenated alkanes) is 1. The average molecular weight is 1830 g/mol. The van der Waals surface area contributed by atoms with E-state index in [1.165, 1.54) is 0 Å². The summed E-state index contributed by atoms with van der Waals surface area (Å²) in [5, 5.41) is 43.5. The van der Waals surface area contributed by atoms with E-state index in [0.717, 1.165) is 33.3 Å². The number of guanidine groups is 1. The molecule has 698 valence electrons. The van der Waals surface area contributed by atoms with Gasteiger partial charge in [0.05, 0.1) is 131 Å². The Balaban J connectivity index is 1.34. The van der Waals surface area contributed by atoms with Gasteiger partial charge < -0.3 is 139 Å². The predicted molar refractivity (Wildman–Crippen MR) is 452 cm³/mol. The molecule has 125 heavy (non-hydrogen) atoms. The number of carbonyl (C=O) groups is 16. The van der Waals surface area contributed by atoms with Crippen molar-refractivity contribution >= 4 is 134 Å². The number of primary amides is 1. The largest absolute Gasteiger partial charge is 0.481 e. The van der Waals surface area contributed by atoms with E-state index in [2.05, 4.69) is 79.6 Å². The van der Waals surface area contributed by atoms with Gasteiger partial charge in [0.25, 0.3) is 0 Å². The number of fused-ring (bicyclic) bond motifs is 5. The van der Waals surface area contributed by atoms with E-state index in [1.54, 1.807) is 60.7 Å². The van der Waals surface area contributed by atoms with Crippen LogP contribution in [0.15, 0.2) is 65.7 Å². The zero-order valence-corrected chi connectivity index (χ0v) is 71.9. The average Bonchev–Trinajstić information content (AvgIpc) is 1.28. The van der Waals surface area contributed by atoms with Gasteiger partial charge in [0.1, 0.15) is 75.3 Å². The Kier molecular flexibility index (Phi) is 57.8. The maximum absolute atomic E-state index is 14.7. The Hall–Kier alpha value is -10.0. The minimum atomic E-state index is -1.85. The molecule has 2 saturated heterocycles. The van der Waals surface area contributed by atoms with Crippen molar-refractivity contribution in [2.45, 2.75) is 87.2 Å². The number of hydrogen-bond acceptors (Lipinski definition) is 32. The summed E-state index contributed by atoms with van der Waals surface area (Å²) in [5.41, 5.74) is 19.6. The first-order chi connectivity index (χ1) is 60.4. The lowest BCUT2D eigenvalue weighted by molar-refractivity contribution is -0.141. The molecular formula is C76H118N18O28S3. The molecule has 0 aromatic heterocycles. The number of rotatable bonds is 58. The van der Waals surface area contributed by atoms with Crippen LogP contribution in [-0.2, 0) is 131 Å². The quantitative estimate of drug-likeness (QED) is 0.00730. The topological polar surface area (TPSA) is 654 Å². The molecule has 2 aliphatic rings. The van der Waals surface area contributed by atoms with E-state index < -0.39 is 169 Å². The highest BCUT2D eigenvalue weighted by atomic mass is 33.1. The summed E-state index contributed by atoms with van der Waals surface area (Å²) in [7, 11) is 1.78. The third-order valence-corrected chi connectivity index (χ3v) is 20.3. The molecule has 0 aliphatic carbocycles. The van der Waals surface area contributed by atoms with Crippen molar-refractivity contribution in [3.8, 4) is 0 Å². The van der Waals surface area contributed by atoms with Crippen molar-refractivity contribution < 1.29 is 134 Å². The Morgan fingerprint density at radius 1 is 0.432 bits per heavy atom. The third kappa shape index (κ3) is 53.2. The Morgan fingerprint density at radius 2 is 0.872 bits per heavy atom. The lowest BCUT2D eigenvalue weighted by Crippen LogP contribution is -2.60. The van der Waals surface area contributed by atoms with Crippen LogP contribution >= 0.6 is 33.3 Å². The maximum Gasteiger partial charge on any atom is 0.305 e. The number of benzene rings is 2. The standard InChI is InChI=1S/C76H118N18O28S3/c77-61(96)42-120-43-64(99)81-18-22-112-26-30-116-33-29-115-25-21-84-70(106)57-47-123-50-67(102)88-54(14-7-8-16-80-63(98)44-121-45-65(100)82-19-23-113-27-31-117-34-36-119-37-35-118-32-28-114-24-20-83-66(101)46-122-87-40-60(95)52-12-5-2-6-13-52)71(107)93-58-48-124-125-49-59(75(111)91-55(72(108)92-57)38-51-10-3-1-4-11-51)94-73(109)56(39-68(103)104)89-62(97)41-86-69(105)53(90-74(58)110)15-9-17-85-76(78)79/h1-6,10-13,53-59,87H,7-9,14-50H2,(H2,77,96)(H,80,98)(H,81,99)(H,82,100)(H,83,101)(H,84,106)(H,86,105)(H,88,102)(H,89,97)(H,90,110)(H,91,111)(H,92,108)(H,93,107)(H,94,109)(H,103,104)(H4,78,79,85)/t53-,54-,55-,56-,57-,58-,59-/m0/s1. The van der Waals surface area contributed by atoms with Gasteiger partial charge in [-0.2, -0.15) is 5.48 Å². The molecule has 2 aromatic rings. The Morgan fingerprint density at radius 3 is 1.38 bits per heavy atom. The van der Waals surface area contributed by atoms with E-state index in [0.29, 0.717) is 50.8 Å². The number of carbonyl (C=O) groups excluding carboxylic acids is 15. The number of aliphatic imine (C=N–C) groups is 1. The van der Waals surface area contributed by atoms with Crippen LogP contribution in [0.5, 0.6) is 0 Å². The molecular weight excluding hydrogens is 1710 g/mol. The van der Waals surface area contributed by atoms with Gasteiger partial charge in [-0.05, 0) is 37.7 Å². The molecule has 0 unspecified atom stereocenters. The van der Waals surface area contributed by atoms with Crippen LogP contribution in [0.4, 0.5) is 0 Å². The number of nitrogens with two attached hydrogens (primary N) is 3. The smallest absolute Gasteiger partial charge is 0.305 e. The summed E-state index contributed by atoms with van der Waals surface area (Å²) in [6.07, 6.45) is -1.05. The number of ketones is 1. The lowest BCUT2D eigenvalue weighted by Gasteiger charge is -2.27. The van der Waals surface area contributed by atoms with Crippen LogP contribution in [-0.4, -0.2) is 362 Å². The normalized spacial score (nSPS) is 18.4. The summed E-state index contributed by atoms with van der Waals surface area (Å²) >= 11 is 0.865. The third-order valence-electron chi connectivity index (χ3n) is 16.9. The van der Waals surface area contributed by atoms with Crippen molar-refractivity contribution in [2.24, 2.45) is 22.2 Å². The summed E-state index contributed by atoms with van der Waals surface area (Å²) in [6.45, 7) is 0.968. The molecule has 0 spiro atoms. The second kappa shape index (κ2) is 67.4. The second-order valence-corrected chi connectivity index (χ2v) is 30.6. The van der Waals surface area contributed by atoms with Gasteiger partial charge in [-0.3, -0.25) is 86.5 Å². The molecule has 2 aromatic carbocycles. The Labute approximate surface area is 734 Å². The molecule has 2 fully saturated rings. The minimum absolute atomic E-state index is 0.0219. The molecule has 49 heteroatoms. The van der Waals surface area contributed by atoms with Crippen LogP contribution < -0.4 is 91.8 Å². The van der Waals surface area contributed by atoms with Gasteiger partial charge in [-0.15, -0.1) is 11.8 Å². The SMILES string of the molecule is NC(=O)COCC(=O)NCCOCCOCCOCCNC(=O)[C@@H]1CSCC(=O)N[C@@H](CCCCNC(=O)COCC(=O)NCCOCCOCCOCCOCCOCCNC(=O)CONCC(=O)c2ccccc2)C(=O)N[C@H]2CSSC[C@H](NC(=O)[C@H](CC(=O)O)NC(=O)CNC(=O)[C@H](CCCN=C(N)N)NC2=O)C(=O)N[C@@H](Cc2ccccc2)C(=O)N1. The number of amides is 14. The first kappa shape index (κ1) is 107. The number of Topliss-reactive ketones (excluding diaryl/α,β-unsaturated/α-hetero) is 1. The lowest BCUT2D eigenvalue weighted by atomic mass is 10.0. The molecule has 4 rings (SSSR count). The van der Waals surface area contributed by atoms with Gasteiger partial charge in [0.15, 0.2) is 11.7 Å². The van der Waals surface area contributed by atoms with E-state index in [4.69, 9.17) is 69.4 Å². The predicted octanol–water partition coefficient (Wildman–Crippen LogP) is -7.78. The van der Waals surface area contributed by atoms with Crippen LogP contribution in [0.2, 0.25) is 0 Å². The molecule has 2 bridgehead atoms. The highest BCUT2D eigenvalue weighted by molar-refractivity contribution is 8.76. The van der Waals surface area contributed by atoms with Gasteiger partial charge in [-0.1, -0.05) is 82.3 Å². The van der Waals surface area contributed by atoms with Crippen LogP contribution in [0.3, 0.4) is 0 Å². The van der Waals surface area contributed by atoms with E-state index in [9.17, 15) is 81.8 Å². The van der Waals surface area contributed by atoms with Gasteiger partial charge in [0, 0.05) is 68.5 Å². The highest BCUT2D eigenvalue weighted by Gasteiger charge is 2.36. The molecule has 2 heterocycles. The molecule has 0 saturated carbocycles. The number of carboxylic acids is 1. The molecule has 2 aliphatic heterocycles. The Bertz CT molecular complexity index is 3670. The number of nitrogens with one attached hydrogen (secondary N) is 14. The molecule has 7 atom stereocenters. The zero-order valence-electron chi connectivity index (χ0n) is 69.5. The first-order valence-corrected chi connectivity index (χ1v) is 43.9. The fraction of sp³-hybridized carbons (Fsp3) is 0.618. The number of nitrogens with zero attached hydrogens (tertiary/aromatic N) is 1. The first-order valence-electron chi connectivity index (χ1n) is 40.2. The number of carboxylic acid groups (broad SMARTS) is 1. The van der Waals surface area contributed by atoms with E-state index >= 15 is 0 Å². The summed E-state index contributed by atoms with van der Waals surface area (Å²) in [5.74, 6) is -14.6. The van der Waals surface area contributed by atoms with Gasteiger partial charge >= 0.3 is 5.97 Å². The van der Waals surface area contributed by atoms with Crippen LogP contribution in [0.25, 0.3) is 0 Å². The van der Waals surface area contributed by atoms with E-state index in [-0.39, 0.29) is 193 Å². The van der Waals surface area contributed by atoms with Crippen molar-refractivity contribution in [1.29, 1.82) is 0 Å². The number of ether oxygens (including phenoxy) is 10. The van der Waals surface area contributed by atoms with Crippen molar-refractivity contribution in [3.05, 3.63) is 71.8 Å². The molecule has 46 nitrogen and oxygen atoms in total. The van der Waals surface area contributed by atoms with E-state index in [1.807, 2.05) is 0 Å². The number of thioether (sulfide) groups is 1. The summed E-state index contributed by atoms with van der Waals surface area (Å²) in [6, 6.07) is 6.18. The minimum Gasteiger partial charge on any atom is -0.481 e. The number of hydroxylamine groups is 1. The van der Waals surface area contributed by atoms with Crippen molar-refractivity contribution in [2.75, 3.05) is 214 Å². The number of hydrogen-bond donors (Lipinski definition) is 18. The zero-order chi connectivity index (χ0) is 90.9. The molecule has 21 N–H and O–H groups in total.